The second kappa shape index (κ2) is 25.5. The van der Waals surface area contributed by atoms with Gasteiger partial charge in [0.2, 0.25) is 0 Å². The molecule has 35 heavy (non-hydrogen) atoms. The molecule has 0 unspecified atom stereocenters. The SMILES string of the molecule is CCCCCCCCCCCCCCN(CCCCCCCCCCCCC)N1CCN(C)CC1. The van der Waals surface area contributed by atoms with Crippen molar-refractivity contribution in [1.29, 1.82) is 0 Å². The van der Waals surface area contributed by atoms with Gasteiger partial charge in [0, 0.05) is 39.3 Å². The molecular weight excluding hydrogens is 426 g/mol. The molecule has 0 aromatic carbocycles. The third-order valence-corrected chi connectivity index (χ3v) is 8.17. The van der Waals surface area contributed by atoms with Crippen molar-refractivity contribution >= 4 is 0 Å². The van der Waals surface area contributed by atoms with Crippen molar-refractivity contribution in [3.63, 3.8) is 0 Å². The molecule has 0 saturated carbocycles. The van der Waals surface area contributed by atoms with E-state index in [0.29, 0.717) is 0 Å². The molecule has 0 aromatic heterocycles. The van der Waals surface area contributed by atoms with Crippen molar-refractivity contribution in [3.8, 4) is 0 Å². The zero-order valence-electron chi connectivity index (χ0n) is 24.8. The fourth-order valence-electron chi connectivity index (χ4n) is 5.57. The third kappa shape index (κ3) is 20.6. The predicted molar refractivity (Wildman–Crippen MR) is 158 cm³/mol. The number of hydrazine groups is 1. The zero-order chi connectivity index (χ0) is 25.2. The maximum absolute atomic E-state index is 2.75. The highest BCUT2D eigenvalue weighted by Crippen LogP contribution is 2.15. The van der Waals surface area contributed by atoms with Crippen LogP contribution in [0.5, 0.6) is 0 Å². The minimum atomic E-state index is 1.23. The van der Waals surface area contributed by atoms with Crippen LogP contribution in [0.3, 0.4) is 0 Å². The molecule has 1 fully saturated rings. The van der Waals surface area contributed by atoms with Gasteiger partial charge in [-0.3, -0.25) is 0 Å². The van der Waals surface area contributed by atoms with Gasteiger partial charge in [0.05, 0.1) is 0 Å². The summed E-state index contributed by atoms with van der Waals surface area (Å²) in [7, 11) is 2.27. The molecule has 0 N–H and O–H groups in total. The number of hydrogen-bond donors (Lipinski definition) is 0. The number of likely N-dealkylation sites (N-methyl/N-ethyl adjacent to an activating group) is 1. The first kappa shape index (κ1) is 32.9. The Morgan fingerprint density at radius 1 is 0.400 bits per heavy atom. The van der Waals surface area contributed by atoms with Crippen LogP contribution in [0.25, 0.3) is 0 Å². The van der Waals surface area contributed by atoms with Gasteiger partial charge in [0.15, 0.2) is 0 Å². The fourth-order valence-corrected chi connectivity index (χ4v) is 5.57. The summed E-state index contributed by atoms with van der Waals surface area (Å²) in [5.74, 6) is 0. The number of rotatable bonds is 26. The molecule has 210 valence electrons. The summed E-state index contributed by atoms with van der Waals surface area (Å²) in [6, 6.07) is 0. The monoisotopic (exact) mass is 494 g/mol. The fraction of sp³-hybridized carbons (Fsp3) is 1.00. The molecule has 0 atom stereocenters. The van der Waals surface area contributed by atoms with Crippen LogP contribution in [0.15, 0.2) is 0 Å². The van der Waals surface area contributed by atoms with E-state index in [4.69, 9.17) is 0 Å². The van der Waals surface area contributed by atoms with Crippen LogP contribution in [-0.2, 0) is 0 Å². The average Bonchev–Trinajstić information content (AvgIpc) is 2.87. The molecular formula is C32H67N3. The molecule has 1 saturated heterocycles. The molecule has 0 spiro atoms. The second-order valence-corrected chi connectivity index (χ2v) is 11.6. The number of piperazine rings is 1. The molecule has 1 heterocycles. The predicted octanol–water partition coefficient (Wildman–Crippen LogP) is 9.46. The molecule has 0 radical (unpaired) electrons. The lowest BCUT2D eigenvalue weighted by molar-refractivity contribution is -0.0555. The van der Waals surface area contributed by atoms with E-state index in [9.17, 15) is 0 Å². The van der Waals surface area contributed by atoms with Crippen LogP contribution in [-0.4, -0.2) is 61.2 Å². The number of unbranched alkanes of at least 4 members (excludes halogenated alkanes) is 21. The largest absolute Gasteiger partial charge is 0.304 e. The normalized spacial score (nSPS) is 15.4. The summed E-state index contributed by atoms with van der Waals surface area (Å²) in [6.07, 6.45) is 33.2. The Bertz CT molecular complexity index is 406. The van der Waals surface area contributed by atoms with Gasteiger partial charge in [-0.25, -0.2) is 10.0 Å². The van der Waals surface area contributed by atoms with Crippen LogP contribution in [0.2, 0.25) is 0 Å². The van der Waals surface area contributed by atoms with Crippen molar-refractivity contribution in [2.45, 2.75) is 162 Å². The van der Waals surface area contributed by atoms with Crippen molar-refractivity contribution in [2.24, 2.45) is 0 Å². The molecule has 0 aromatic rings. The van der Waals surface area contributed by atoms with Gasteiger partial charge in [0.1, 0.15) is 0 Å². The summed E-state index contributed by atoms with van der Waals surface area (Å²) in [4.78, 5) is 2.49. The van der Waals surface area contributed by atoms with Crippen LogP contribution in [0.1, 0.15) is 162 Å². The van der Waals surface area contributed by atoms with Gasteiger partial charge in [-0.1, -0.05) is 149 Å². The topological polar surface area (TPSA) is 9.72 Å². The highest BCUT2D eigenvalue weighted by Gasteiger charge is 2.19. The van der Waals surface area contributed by atoms with Gasteiger partial charge >= 0.3 is 0 Å². The Morgan fingerprint density at radius 2 is 0.686 bits per heavy atom. The van der Waals surface area contributed by atoms with E-state index in [1.807, 2.05) is 0 Å². The van der Waals surface area contributed by atoms with Gasteiger partial charge in [-0.05, 0) is 19.9 Å². The van der Waals surface area contributed by atoms with Crippen molar-refractivity contribution in [1.82, 2.24) is 14.9 Å². The Hall–Kier alpha value is -0.120. The van der Waals surface area contributed by atoms with E-state index in [2.05, 4.69) is 35.8 Å². The molecule has 0 aliphatic carbocycles. The average molecular weight is 494 g/mol. The molecule has 1 aliphatic heterocycles. The van der Waals surface area contributed by atoms with E-state index in [0.717, 1.165) is 0 Å². The summed E-state index contributed by atoms with van der Waals surface area (Å²) < 4.78 is 0. The molecule has 1 rings (SSSR count). The lowest BCUT2D eigenvalue weighted by Crippen LogP contribution is -2.53. The molecule has 3 nitrogen and oxygen atoms in total. The maximum Gasteiger partial charge on any atom is 0.0261 e. The quantitative estimate of drug-likeness (QED) is 0.111. The van der Waals surface area contributed by atoms with E-state index in [-0.39, 0.29) is 0 Å². The van der Waals surface area contributed by atoms with E-state index in [1.165, 1.54) is 187 Å². The first-order valence-corrected chi connectivity index (χ1v) is 16.5. The van der Waals surface area contributed by atoms with Crippen LogP contribution in [0.4, 0.5) is 0 Å². The minimum Gasteiger partial charge on any atom is -0.304 e. The standard InChI is InChI=1S/C32H67N3/c1-4-6-8-10-12-14-16-18-20-22-24-26-28-34(35-31-29-33(3)30-32-35)27-25-23-21-19-17-15-13-11-9-7-5-2/h4-32H2,1-3H3. The Labute approximate surface area is 222 Å². The number of hydrogen-bond acceptors (Lipinski definition) is 3. The molecule has 3 heteroatoms. The van der Waals surface area contributed by atoms with Crippen LogP contribution >= 0.6 is 0 Å². The highest BCUT2D eigenvalue weighted by molar-refractivity contribution is 4.69. The lowest BCUT2D eigenvalue weighted by Gasteiger charge is -2.40. The van der Waals surface area contributed by atoms with E-state index >= 15 is 0 Å². The van der Waals surface area contributed by atoms with Crippen molar-refractivity contribution < 1.29 is 0 Å². The minimum absolute atomic E-state index is 1.23. The summed E-state index contributed by atoms with van der Waals surface area (Å²) in [6.45, 7) is 12.1. The number of nitrogens with zero attached hydrogens (tertiary/aromatic N) is 3. The first-order valence-electron chi connectivity index (χ1n) is 16.5. The first-order chi connectivity index (χ1) is 17.3. The van der Waals surface area contributed by atoms with Crippen LogP contribution in [0, 0.1) is 0 Å². The Balaban J connectivity index is 2.06. The Kier molecular flexibility index (Phi) is 24.0. The van der Waals surface area contributed by atoms with Gasteiger partial charge < -0.3 is 4.90 Å². The highest BCUT2D eigenvalue weighted by atomic mass is 15.6. The summed E-state index contributed by atoms with van der Waals surface area (Å²) >= 11 is 0. The van der Waals surface area contributed by atoms with E-state index < -0.39 is 0 Å². The maximum atomic E-state index is 2.75. The zero-order valence-corrected chi connectivity index (χ0v) is 24.8. The van der Waals surface area contributed by atoms with Crippen LogP contribution < -0.4 is 0 Å². The Morgan fingerprint density at radius 3 is 1.00 bits per heavy atom. The summed E-state index contributed by atoms with van der Waals surface area (Å²) in [5, 5.41) is 5.44. The van der Waals surface area contributed by atoms with Gasteiger partial charge in [-0.15, -0.1) is 0 Å². The molecule has 0 amide bonds. The molecule has 1 aliphatic rings. The second-order valence-electron chi connectivity index (χ2n) is 11.6. The van der Waals surface area contributed by atoms with Crippen molar-refractivity contribution in [3.05, 3.63) is 0 Å². The van der Waals surface area contributed by atoms with Crippen molar-refractivity contribution in [2.75, 3.05) is 46.3 Å². The van der Waals surface area contributed by atoms with Gasteiger partial charge in [0.25, 0.3) is 0 Å². The van der Waals surface area contributed by atoms with Gasteiger partial charge in [-0.2, -0.15) is 0 Å². The summed E-state index contributed by atoms with van der Waals surface area (Å²) in [5.41, 5.74) is 0. The van der Waals surface area contributed by atoms with E-state index in [1.54, 1.807) is 0 Å². The third-order valence-electron chi connectivity index (χ3n) is 8.17. The lowest BCUT2D eigenvalue weighted by atomic mass is 10.1. The smallest absolute Gasteiger partial charge is 0.0261 e. The molecule has 0 bridgehead atoms.